The van der Waals surface area contributed by atoms with Gasteiger partial charge in [-0.05, 0) is 18.6 Å². The molecule has 0 nitrogen and oxygen atoms in total. The van der Waals surface area contributed by atoms with E-state index in [0.29, 0.717) is 0 Å². The SMILES string of the molecule is Cc1ccccc1Cl.[Br][Zn][Br]. The molecule has 0 aliphatic heterocycles. The maximum atomic E-state index is 5.71. The van der Waals surface area contributed by atoms with Gasteiger partial charge in [0.15, 0.2) is 0 Å². The van der Waals surface area contributed by atoms with Crippen LogP contribution in [0.5, 0.6) is 0 Å². The van der Waals surface area contributed by atoms with Gasteiger partial charge in [0.1, 0.15) is 0 Å². The van der Waals surface area contributed by atoms with Crippen LogP contribution >= 0.6 is 38.8 Å². The van der Waals surface area contributed by atoms with Crippen molar-refractivity contribution in [1.82, 2.24) is 0 Å². The number of rotatable bonds is 0. The second kappa shape index (κ2) is 7.73. The zero-order valence-electron chi connectivity index (χ0n) is 6.15. The van der Waals surface area contributed by atoms with Crippen LogP contribution < -0.4 is 0 Å². The first-order valence-corrected chi connectivity index (χ1v) is 17.3. The van der Waals surface area contributed by atoms with E-state index in [0.717, 1.165) is 10.6 Å². The standard InChI is InChI=1S/C7H7Cl.2BrH.Zn/c1-6-4-2-3-5-7(6)8;;;/h2-5H,1H3;2*1H;/q;;;+2/p-2. The van der Waals surface area contributed by atoms with Crippen LogP contribution in [-0.2, 0) is 13.2 Å². The predicted molar refractivity (Wildman–Crippen MR) is 54.0 cm³/mol. The molecular formula is C7H7Br2ClZn. The monoisotopic (exact) mass is 348 g/mol. The van der Waals surface area contributed by atoms with E-state index in [1.807, 2.05) is 31.2 Å². The predicted octanol–water partition coefficient (Wildman–Crippen LogP) is 4.34. The molecule has 0 bridgehead atoms. The van der Waals surface area contributed by atoms with Crippen LogP contribution in [0.25, 0.3) is 0 Å². The summed E-state index contributed by atoms with van der Waals surface area (Å²) in [4.78, 5) is 0. The molecule has 0 fully saturated rings. The van der Waals surface area contributed by atoms with Crippen LogP contribution in [0.3, 0.4) is 0 Å². The van der Waals surface area contributed by atoms with Crippen LogP contribution in [0.1, 0.15) is 5.56 Å². The topological polar surface area (TPSA) is 0 Å². The third kappa shape index (κ3) is 6.27. The Morgan fingerprint density at radius 2 is 1.73 bits per heavy atom. The summed E-state index contributed by atoms with van der Waals surface area (Å²) in [5, 5.41) is 0.840. The minimum atomic E-state index is -0.250. The molecule has 1 rings (SSSR count). The van der Waals surface area contributed by atoms with E-state index in [1.54, 1.807) is 0 Å². The molecule has 0 aromatic heterocycles. The molecule has 0 aliphatic rings. The van der Waals surface area contributed by atoms with Crippen molar-refractivity contribution in [3.63, 3.8) is 0 Å². The van der Waals surface area contributed by atoms with E-state index >= 15 is 0 Å². The zero-order valence-corrected chi connectivity index (χ0v) is 13.0. The summed E-state index contributed by atoms with van der Waals surface area (Å²) in [6.45, 7) is 1.99. The Hall–Kier alpha value is 1.09. The summed E-state index contributed by atoms with van der Waals surface area (Å²) in [6, 6.07) is 7.77. The molecule has 4 heteroatoms. The molecule has 0 spiro atoms. The second-order valence-corrected chi connectivity index (χ2v) is 16.3. The van der Waals surface area contributed by atoms with Crippen molar-refractivity contribution in [2.75, 3.05) is 0 Å². The number of aryl methyl sites for hydroxylation is 1. The van der Waals surface area contributed by atoms with Gasteiger partial charge in [0.25, 0.3) is 0 Å². The average molecular weight is 352 g/mol. The van der Waals surface area contributed by atoms with Crippen LogP contribution in [0.15, 0.2) is 24.3 Å². The van der Waals surface area contributed by atoms with E-state index in [9.17, 15) is 0 Å². The summed E-state index contributed by atoms with van der Waals surface area (Å²) < 4.78 is 0. The molecule has 1 aromatic carbocycles. The molecule has 0 saturated carbocycles. The molecule has 0 atom stereocenters. The molecule has 58 valence electrons. The van der Waals surface area contributed by atoms with Crippen LogP contribution in [0.4, 0.5) is 0 Å². The Bertz CT molecular complexity index is 184. The van der Waals surface area contributed by atoms with Gasteiger partial charge < -0.3 is 0 Å². The first-order valence-electron chi connectivity index (χ1n) is 3.05. The molecule has 0 N–H and O–H groups in total. The number of hydrogen-bond acceptors (Lipinski definition) is 0. The normalized spacial score (nSPS) is 7.64. The summed E-state index contributed by atoms with van der Waals surface area (Å²) >= 11 is 12.0. The van der Waals surface area contributed by atoms with Gasteiger partial charge in [0.05, 0.1) is 0 Å². The molecule has 0 saturated heterocycles. The Labute approximate surface area is 93.0 Å². The molecule has 0 heterocycles. The Morgan fingerprint density at radius 1 is 1.27 bits per heavy atom. The summed E-state index contributed by atoms with van der Waals surface area (Å²) in [5.74, 6) is 0. The fourth-order valence-electron chi connectivity index (χ4n) is 0.551. The Kier molecular flexibility index (Phi) is 8.50. The maximum absolute atomic E-state index is 5.71. The fraction of sp³-hybridized carbons (Fsp3) is 0.143. The van der Waals surface area contributed by atoms with Crippen molar-refractivity contribution < 1.29 is 13.2 Å². The van der Waals surface area contributed by atoms with Crippen molar-refractivity contribution in [1.29, 1.82) is 0 Å². The molecule has 0 radical (unpaired) electrons. The minimum absolute atomic E-state index is 0.250. The third-order valence-electron chi connectivity index (χ3n) is 1.08. The number of halogens is 3. The van der Waals surface area contributed by atoms with Crippen LogP contribution in [0, 0.1) is 6.92 Å². The van der Waals surface area contributed by atoms with Crippen molar-refractivity contribution in [3.05, 3.63) is 34.9 Å². The van der Waals surface area contributed by atoms with Crippen LogP contribution in [0.2, 0.25) is 5.02 Å². The molecule has 0 aliphatic carbocycles. The summed E-state index contributed by atoms with van der Waals surface area (Å²) in [5.41, 5.74) is 1.13. The van der Waals surface area contributed by atoms with E-state index in [1.165, 1.54) is 0 Å². The second-order valence-electron chi connectivity index (χ2n) is 1.85. The van der Waals surface area contributed by atoms with Gasteiger partial charge in [0.2, 0.25) is 0 Å². The Morgan fingerprint density at radius 3 is 2.00 bits per heavy atom. The average Bonchev–Trinajstić information content (AvgIpc) is 1.97. The zero-order chi connectivity index (χ0) is 8.69. The van der Waals surface area contributed by atoms with Crippen molar-refractivity contribution in [2.24, 2.45) is 0 Å². The van der Waals surface area contributed by atoms with Gasteiger partial charge in [-0.25, -0.2) is 0 Å². The summed E-state index contributed by atoms with van der Waals surface area (Å²) in [6.07, 6.45) is 0. The number of hydrogen-bond donors (Lipinski definition) is 0. The van der Waals surface area contributed by atoms with Crippen molar-refractivity contribution >= 4 is 38.8 Å². The fourth-order valence-corrected chi connectivity index (χ4v) is 0.687. The summed E-state index contributed by atoms with van der Waals surface area (Å²) in [7, 11) is 0. The Balaban J connectivity index is 0.000000292. The number of benzene rings is 1. The van der Waals surface area contributed by atoms with Gasteiger partial charge in [-0.1, -0.05) is 29.8 Å². The first-order chi connectivity index (χ1) is 5.22. The van der Waals surface area contributed by atoms with Gasteiger partial charge >= 0.3 is 40.5 Å². The van der Waals surface area contributed by atoms with Crippen LogP contribution in [-0.4, -0.2) is 0 Å². The van der Waals surface area contributed by atoms with Gasteiger partial charge in [0, 0.05) is 5.02 Å². The van der Waals surface area contributed by atoms with Gasteiger partial charge in [-0.2, -0.15) is 0 Å². The van der Waals surface area contributed by atoms with E-state index < -0.39 is 0 Å². The molecule has 11 heavy (non-hydrogen) atoms. The van der Waals surface area contributed by atoms with E-state index in [-0.39, 0.29) is 13.2 Å². The van der Waals surface area contributed by atoms with Crippen molar-refractivity contribution in [2.45, 2.75) is 6.92 Å². The quantitative estimate of drug-likeness (QED) is 0.610. The molecule has 1 aromatic rings. The molecule has 0 unspecified atom stereocenters. The van der Waals surface area contributed by atoms with E-state index in [2.05, 4.69) is 27.2 Å². The third-order valence-corrected chi connectivity index (χ3v) is 1.50. The molecular weight excluding hydrogens is 345 g/mol. The van der Waals surface area contributed by atoms with Gasteiger partial charge in [-0.3, -0.25) is 0 Å². The van der Waals surface area contributed by atoms with Crippen molar-refractivity contribution in [3.8, 4) is 0 Å². The van der Waals surface area contributed by atoms with Gasteiger partial charge in [-0.15, -0.1) is 0 Å². The first kappa shape index (κ1) is 12.1. The molecule has 0 amide bonds. The van der Waals surface area contributed by atoms with E-state index in [4.69, 9.17) is 11.6 Å².